The number of benzene rings is 2. The van der Waals surface area contributed by atoms with Crippen molar-refractivity contribution in [1.29, 1.82) is 0 Å². The van der Waals surface area contributed by atoms with Crippen molar-refractivity contribution in [2.45, 2.75) is 46.2 Å². The Kier molecular flexibility index (Phi) is 5.94. The molecule has 0 unspecified atom stereocenters. The Bertz CT molecular complexity index is 884. The molecule has 2 aromatic carbocycles. The maximum Gasteiger partial charge on any atom is 0.173 e. The van der Waals surface area contributed by atoms with Crippen LogP contribution in [0.5, 0.6) is 0 Å². The molecule has 3 nitrogen and oxygen atoms in total. The molecule has 3 rings (SSSR count). The zero-order valence-electron chi connectivity index (χ0n) is 15.8. The predicted octanol–water partition coefficient (Wildman–Crippen LogP) is 5.73. The van der Waals surface area contributed by atoms with Crippen molar-refractivity contribution in [3.63, 3.8) is 0 Å². The van der Waals surface area contributed by atoms with Crippen molar-refractivity contribution >= 4 is 33.9 Å². The lowest BCUT2D eigenvalue weighted by Crippen LogP contribution is -2.40. The number of aromatic nitrogens is 1. The highest BCUT2D eigenvalue weighted by molar-refractivity contribution is 7.80. The van der Waals surface area contributed by atoms with E-state index in [2.05, 4.69) is 90.7 Å². The number of hydrogen-bond donors (Lipinski definition) is 2. The summed E-state index contributed by atoms with van der Waals surface area (Å²) in [6, 6.07) is 17.2. The molecule has 1 atom stereocenters. The average Bonchev–Trinajstić information content (AvgIpc) is 3.08. The van der Waals surface area contributed by atoms with Crippen LogP contribution in [0.3, 0.4) is 0 Å². The third kappa shape index (κ3) is 3.91. The van der Waals surface area contributed by atoms with E-state index in [1.165, 1.54) is 22.0 Å². The minimum Gasteiger partial charge on any atom is -0.361 e. The minimum atomic E-state index is 0.359. The highest BCUT2D eigenvalue weighted by Gasteiger charge is 2.18. The Labute approximate surface area is 161 Å². The van der Waals surface area contributed by atoms with E-state index in [0.717, 1.165) is 30.2 Å². The molecule has 136 valence electrons. The first-order chi connectivity index (χ1) is 12.6. The van der Waals surface area contributed by atoms with Crippen molar-refractivity contribution in [1.82, 2.24) is 9.88 Å². The smallest absolute Gasteiger partial charge is 0.173 e. The number of hydrogen-bond acceptors (Lipinski definition) is 1. The third-order valence-electron chi connectivity index (χ3n) is 5.04. The number of thiocarbonyl (C=S) groups is 1. The standard InChI is InChI=1S/C22H27N3S/c1-4-16(3)25(15-18-14-23-21-13-9-7-11-19(18)21)22(26)24-20-12-8-6-10-17(20)5-2/h6-14,16,23H,4-5,15H2,1-3H3,(H,24,26)/t16-/m0/s1. The van der Waals surface area contributed by atoms with Crippen LogP contribution >= 0.6 is 12.2 Å². The summed E-state index contributed by atoms with van der Waals surface area (Å²) in [4.78, 5) is 5.66. The molecule has 26 heavy (non-hydrogen) atoms. The highest BCUT2D eigenvalue weighted by atomic mass is 32.1. The maximum absolute atomic E-state index is 5.81. The number of rotatable bonds is 6. The van der Waals surface area contributed by atoms with E-state index >= 15 is 0 Å². The second-order valence-corrected chi connectivity index (χ2v) is 7.07. The number of nitrogens with zero attached hydrogens (tertiary/aromatic N) is 1. The van der Waals surface area contributed by atoms with Gasteiger partial charge in [-0.2, -0.15) is 0 Å². The van der Waals surface area contributed by atoms with Gasteiger partial charge in [-0.15, -0.1) is 0 Å². The van der Waals surface area contributed by atoms with Gasteiger partial charge in [-0.1, -0.05) is 50.2 Å². The van der Waals surface area contributed by atoms with Crippen LogP contribution < -0.4 is 5.32 Å². The number of aromatic amines is 1. The zero-order valence-corrected chi connectivity index (χ0v) is 16.6. The van der Waals surface area contributed by atoms with Crippen LogP contribution in [0.2, 0.25) is 0 Å². The summed E-state index contributed by atoms with van der Waals surface area (Å²) in [5.41, 5.74) is 4.83. The van der Waals surface area contributed by atoms with E-state index in [4.69, 9.17) is 12.2 Å². The second kappa shape index (κ2) is 8.37. The van der Waals surface area contributed by atoms with E-state index in [9.17, 15) is 0 Å². The topological polar surface area (TPSA) is 31.1 Å². The van der Waals surface area contributed by atoms with Crippen molar-refractivity contribution < 1.29 is 0 Å². The quantitative estimate of drug-likeness (QED) is 0.547. The molecule has 0 saturated heterocycles. The SMILES string of the molecule is CCc1ccccc1NC(=S)N(Cc1c[nH]c2ccccc12)[C@@H](C)CC. The van der Waals surface area contributed by atoms with E-state index in [1.54, 1.807) is 0 Å². The van der Waals surface area contributed by atoms with Gasteiger partial charge in [0.2, 0.25) is 0 Å². The predicted molar refractivity (Wildman–Crippen MR) is 116 cm³/mol. The number of fused-ring (bicyclic) bond motifs is 1. The number of para-hydroxylation sites is 2. The van der Waals surface area contributed by atoms with Crippen molar-refractivity contribution in [2.75, 3.05) is 5.32 Å². The molecule has 0 aliphatic carbocycles. The molecule has 0 aliphatic rings. The van der Waals surface area contributed by atoms with Crippen molar-refractivity contribution in [2.24, 2.45) is 0 Å². The molecule has 2 N–H and O–H groups in total. The minimum absolute atomic E-state index is 0.359. The number of anilines is 1. The number of H-pyrrole nitrogens is 1. The fourth-order valence-electron chi connectivity index (χ4n) is 3.23. The molecular weight excluding hydrogens is 338 g/mol. The highest BCUT2D eigenvalue weighted by Crippen LogP contribution is 2.22. The molecule has 0 spiro atoms. The fourth-order valence-corrected chi connectivity index (χ4v) is 3.59. The molecule has 0 aliphatic heterocycles. The van der Waals surface area contributed by atoms with Gasteiger partial charge < -0.3 is 15.2 Å². The Morgan fingerprint density at radius 2 is 1.81 bits per heavy atom. The van der Waals surface area contributed by atoms with E-state index in [1.807, 2.05) is 0 Å². The summed E-state index contributed by atoms with van der Waals surface area (Å²) in [7, 11) is 0. The Hall–Kier alpha value is -2.33. The van der Waals surface area contributed by atoms with Gasteiger partial charge in [0.05, 0.1) is 0 Å². The average molecular weight is 366 g/mol. The van der Waals surface area contributed by atoms with Gasteiger partial charge in [0.1, 0.15) is 0 Å². The normalized spacial score (nSPS) is 12.1. The molecule has 4 heteroatoms. The molecule has 0 saturated carbocycles. The van der Waals surface area contributed by atoms with Crippen LogP contribution in [-0.4, -0.2) is 21.0 Å². The Morgan fingerprint density at radius 3 is 2.58 bits per heavy atom. The van der Waals surface area contributed by atoms with Gasteiger partial charge in [-0.3, -0.25) is 0 Å². The first-order valence-corrected chi connectivity index (χ1v) is 9.75. The number of aryl methyl sites for hydroxylation is 1. The van der Waals surface area contributed by atoms with Gasteiger partial charge in [0.15, 0.2) is 5.11 Å². The van der Waals surface area contributed by atoms with Gasteiger partial charge >= 0.3 is 0 Å². The van der Waals surface area contributed by atoms with Gasteiger partial charge in [-0.25, -0.2) is 0 Å². The number of nitrogens with one attached hydrogen (secondary N) is 2. The van der Waals surface area contributed by atoms with Crippen LogP contribution in [0.4, 0.5) is 5.69 Å². The molecule has 0 radical (unpaired) electrons. The van der Waals surface area contributed by atoms with Crippen LogP contribution in [0.1, 0.15) is 38.3 Å². The summed E-state index contributed by atoms with van der Waals surface area (Å²) in [5, 5.41) is 5.53. The lowest BCUT2D eigenvalue weighted by molar-refractivity contribution is 0.321. The lowest BCUT2D eigenvalue weighted by Gasteiger charge is -2.31. The first kappa shape index (κ1) is 18.5. The Morgan fingerprint density at radius 1 is 1.08 bits per heavy atom. The molecule has 1 aromatic heterocycles. The summed E-state index contributed by atoms with van der Waals surface area (Å²) in [6.45, 7) is 7.39. The maximum atomic E-state index is 5.81. The summed E-state index contributed by atoms with van der Waals surface area (Å²) in [6.07, 6.45) is 4.12. The van der Waals surface area contributed by atoms with Crippen LogP contribution in [0.15, 0.2) is 54.7 Å². The monoisotopic (exact) mass is 365 g/mol. The first-order valence-electron chi connectivity index (χ1n) is 9.34. The van der Waals surface area contributed by atoms with Crippen molar-refractivity contribution in [3.8, 4) is 0 Å². The summed E-state index contributed by atoms with van der Waals surface area (Å²) < 4.78 is 0. The molecular formula is C22H27N3S. The Balaban J connectivity index is 1.85. The molecule has 1 heterocycles. The van der Waals surface area contributed by atoms with Crippen LogP contribution in [-0.2, 0) is 13.0 Å². The van der Waals surface area contributed by atoms with Crippen molar-refractivity contribution in [3.05, 3.63) is 65.9 Å². The van der Waals surface area contributed by atoms with E-state index in [-0.39, 0.29) is 0 Å². The van der Waals surface area contributed by atoms with Crippen LogP contribution in [0.25, 0.3) is 10.9 Å². The fraction of sp³-hybridized carbons (Fsp3) is 0.318. The summed E-state index contributed by atoms with van der Waals surface area (Å²) >= 11 is 5.81. The van der Waals surface area contributed by atoms with E-state index < -0.39 is 0 Å². The second-order valence-electron chi connectivity index (χ2n) is 6.69. The third-order valence-corrected chi connectivity index (χ3v) is 5.38. The molecule has 0 fully saturated rings. The lowest BCUT2D eigenvalue weighted by atomic mass is 10.1. The molecule has 0 amide bonds. The molecule has 0 bridgehead atoms. The van der Waals surface area contributed by atoms with Gasteiger partial charge in [0, 0.05) is 35.4 Å². The molecule has 3 aromatic rings. The van der Waals surface area contributed by atoms with Crippen LogP contribution in [0, 0.1) is 0 Å². The summed E-state index contributed by atoms with van der Waals surface area (Å²) in [5.74, 6) is 0. The largest absolute Gasteiger partial charge is 0.361 e. The van der Waals surface area contributed by atoms with Gasteiger partial charge in [-0.05, 0) is 55.2 Å². The van der Waals surface area contributed by atoms with Gasteiger partial charge in [0.25, 0.3) is 0 Å². The van der Waals surface area contributed by atoms with E-state index in [0.29, 0.717) is 6.04 Å². The zero-order chi connectivity index (χ0) is 18.5.